The van der Waals surface area contributed by atoms with E-state index in [1.54, 1.807) is 0 Å². The Balaban J connectivity index is 1.75. The second-order valence-corrected chi connectivity index (χ2v) is 7.89. The minimum atomic E-state index is -0.439. The van der Waals surface area contributed by atoms with Crippen molar-refractivity contribution in [2.24, 2.45) is 22.6 Å². The number of nitrogens with zero attached hydrogens (tertiary/aromatic N) is 2. The zero-order valence-electron chi connectivity index (χ0n) is 14.0. The summed E-state index contributed by atoms with van der Waals surface area (Å²) >= 11 is 0. The molecule has 0 aromatic rings. The van der Waals surface area contributed by atoms with Gasteiger partial charge in [0.25, 0.3) is 0 Å². The van der Waals surface area contributed by atoms with Gasteiger partial charge in [0.2, 0.25) is 0 Å². The van der Waals surface area contributed by atoms with Crippen molar-refractivity contribution in [2.45, 2.75) is 71.1 Å². The normalized spacial score (nSPS) is 34.5. The van der Waals surface area contributed by atoms with E-state index in [-0.39, 0.29) is 12.1 Å². The number of hydrogen-bond donors (Lipinski definition) is 1. The molecule has 2 bridgehead atoms. The predicted octanol–water partition coefficient (Wildman–Crippen LogP) is 3.06. The fourth-order valence-electron chi connectivity index (χ4n) is 4.03. The van der Waals surface area contributed by atoms with Crippen LogP contribution in [0.15, 0.2) is 16.8 Å². The summed E-state index contributed by atoms with van der Waals surface area (Å²) < 4.78 is 5.60. The average Bonchev–Trinajstić information content (AvgIpc) is 2.97. The van der Waals surface area contributed by atoms with Crippen molar-refractivity contribution in [3.63, 3.8) is 0 Å². The third-order valence-corrected chi connectivity index (χ3v) is 5.04. The second-order valence-electron chi connectivity index (χ2n) is 7.89. The van der Waals surface area contributed by atoms with Gasteiger partial charge in [-0.1, -0.05) is 6.92 Å². The molecule has 2 saturated heterocycles. The van der Waals surface area contributed by atoms with Crippen molar-refractivity contribution in [3.05, 3.63) is 11.8 Å². The standard InChI is InChI=1S/C17H27N3O2/c1-10-7-11(9-19-15(10)18)13-8-12-5-6-14(13)20(12)16(21)22-17(2,3)4/h9-10,12-14H,5-8H2,1-4H3,(H2,18,19). The van der Waals surface area contributed by atoms with Crippen LogP contribution in [-0.2, 0) is 4.74 Å². The molecule has 0 aromatic heterocycles. The molecule has 0 aliphatic carbocycles. The minimum absolute atomic E-state index is 0.157. The predicted molar refractivity (Wildman–Crippen MR) is 86.5 cm³/mol. The maximum absolute atomic E-state index is 12.5. The Kier molecular flexibility index (Phi) is 3.69. The van der Waals surface area contributed by atoms with Crippen molar-refractivity contribution in [1.29, 1.82) is 0 Å². The van der Waals surface area contributed by atoms with Crippen molar-refractivity contribution in [1.82, 2.24) is 4.90 Å². The van der Waals surface area contributed by atoms with Crippen LogP contribution in [0.4, 0.5) is 4.79 Å². The lowest BCUT2D eigenvalue weighted by Crippen LogP contribution is -2.41. The summed E-state index contributed by atoms with van der Waals surface area (Å²) in [5, 5.41) is 0. The van der Waals surface area contributed by atoms with Crippen LogP contribution in [-0.4, -0.2) is 34.5 Å². The molecule has 2 N–H and O–H groups in total. The van der Waals surface area contributed by atoms with Crippen LogP contribution in [0.1, 0.15) is 53.4 Å². The third-order valence-electron chi connectivity index (χ3n) is 5.04. The molecule has 3 aliphatic heterocycles. The number of rotatable bonds is 1. The van der Waals surface area contributed by atoms with E-state index in [1.165, 1.54) is 5.57 Å². The first-order chi connectivity index (χ1) is 10.3. The van der Waals surface area contributed by atoms with Crippen LogP contribution < -0.4 is 5.73 Å². The zero-order chi connectivity index (χ0) is 16.1. The molecule has 5 heteroatoms. The van der Waals surface area contributed by atoms with Crippen molar-refractivity contribution >= 4 is 11.9 Å². The van der Waals surface area contributed by atoms with E-state index < -0.39 is 5.60 Å². The summed E-state index contributed by atoms with van der Waals surface area (Å²) in [5.41, 5.74) is 6.79. The summed E-state index contributed by atoms with van der Waals surface area (Å²) in [6, 6.07) is 0.595. The van der Waals surface area contributed by atoms with Crippen molar-refractivity contribution in [3.8, 4) is 0 Å². The highest BCUT2D eigenvalue weighted by molar-refractivity contribution is 5.84. The van der Waals surface area contributed by atoms with E-state index >= 15 is 0 Å². The van der Waals surface area contributed by atoms with Gasteiger partial charge in [-0.25, -0.2) is 9.79 Å². The maximum Gasteiger partial charge on any atom is 0.410 e. The van der Waals surface area contributed by atoms with Gasteiger partial charge in [-0.3, -0.25) is 0 Å². The Labute approximate surface area is 132 Å². The first-order valence-corrected chi connectivity index (χ1v) is 8.29. The van der Waals surface area contributed by atoms with Gasteiger partial charge in [0, 0.05) is 30.1 Å². The molecule has 0 aromatic carbocycles. The minimum Gasteiger partial charge on any atom is -0.444 e. The highest BCUT2D eigenvalue weighted by Gasteiger charge is 2.51. The number of amidine groups is 1. The molecule has 5 nitrogen and oxygen atoms in total. The van der Waals surface area contributed by atoms with E-state index in [9.17, 15) is 4.79 Å². The second kappa shape index (κ2) is 5.28. The van der Waals surface area contributed by atoms with Gasteiger partial charge >= 0.3 is 6.09 Å². The highest BCUT2D eigenvalue weighted by Crippen LogP contribution is 2.47. The number of nitrogens with two attached hydrogens (primary N) is 1. The molecule has 3 aliphatic rings. The Hall–Kier alpha value is -1.52. The molecule has 3 rings (SSSR count). The molecule has 0 radical (unpaired) electrons. The van der Waals surface area contributed by atoms with E-state index in [0.29, 0.717) is 17.9 Å². The van der Waals surface area contributed by atoms with Gasteiger partial charge in [0.05, 0.1) is 0 Å². The van der Waals surface area contributed by atoms with Crippen molar-refractivity contribution < 1.29 is 9.53 Å². The van der Waals surface area contributed by atoms with E-state index in [0.717, 1.165) is 31.5 Å². The Morgan fingerprint density at radius 1 is 1.41 bits per heavy atom. The SMILES string of the molecule is CC1CC(C2CC3CCC2N3C(=O)OC(C)(C)C)=CN=C1N. The fraction of sp³-hybridized carbons (Fsp3) is 0.765. The molecular formula is C17H27N3O2. The smallest absolute Gasteiger partial charge is 0.410 e. The lowest BCUT2D eigenvalue weighted by atomic mass is 9.80. The average molecular weight is 305 g/mol. The Morgan fingerprint density at radius 2 is 2.14 bits per heavy atom. The Bertz CT molecular complexity index is 533. The lowest BCUT2D eigenvalue weighted by Gasteiger charge is -2.30. The van der Waals surface area contributed by atoms with Gasteiger partial charge in [-0.2, -0.15) is 0 Å². The van der Waals surface area contributed by atoms with E-state index in [1.807, 2.05) is 31.9 Å². The summed E-state index contributed by atoms with van der Waals surface area (Å²) in [6.45, 7) is 7.88. The number of amides is 1. The van der Waals surface area contributed by atoms with E-state index in [2.05, 4.69) is 11.9 Å². The quantitative estimate of drug-likeness (QED) is 0.809. The summed E-state index contributed by atoms with van der Waals surface area (Å²) in [6.07, 6.45) is 5.95. The number of hydrogen-bond acceptors (Lipinski definition) is 4. The molecular weight excluding hydrogens is 278 g/mol. The van der Waals surface area contributed by atoms with Crippen LogP contribution in [0.2, 0.25) is 0 Å². The van der Waals surface area contributed by atoms with Crippen LogP contribution >= 0.6 is 0 Å². The van der Waals surface area contributed by atoms with Gasteiger partial charge < -0.3 is 15.4 Å². The van der Waals surface area contributed by atoms with Crippen LogP contribution in [0.25, 0.3) is 0 Å². The van der Waals surface area contributed by atoms with Crippen LogP contribution in [0, 0.1) is 11.8 Å². The lowest BCUT2D eigenvalue weighted by molar-refractivity contribution is 0.0209. The van der Waals surface area contributed by atoms with Gasteiger partial charge in [0.1, 0.15) is 11.4 Å². The van der Waals surface area contributed by atoms with Gasteiger partial charge in [-0.05, 0) is 52.0 Å². The fourth-order valence-corrected chi connectivity index (χ4v) is 4.03. The molecule has 122 valence electrons. The van der Waals surface area contributed by atoms with Gasteiger partial charge in [0.15, 0.2) is 0 Å². The van der Waals surface area contributed by atoms with Gasteiger partial charge in [-0.15, -0.1) is 0 Å². The Morgan fingerprint density at radius 3 is 2.77 bits per heavy atom. The molecule has 1 amide bonds. The van der Waals surface area contributed by atoms with E-state index in [4.69, 9.17) is 10.5 Å². The van der Waals surface area contributed by atoms with Crippen LogP contribution in [0.5, 0.6) is 0 Å². The summed E-state index contributed by atoms with van der Waals surface area (Å²) in [5.74, 6) is 1.44. The third kappa shape index (κ3) is 2.73. The number of carbonyl (C=O) groups is 1. The molecule has 4 unspecified atom stereocenters. The zero-order valence-corrected chi connectivity index (χ0v) is 14.0. The molecule has 4 atom stereocenters. The number of ether oxygens (including phenoxy) is 1. The first-order valence-electron chi connectivity index (χ1n) is 8.29. The molecule has 3 heterocycles. The number of carbonyl (C=O) groups excluding carboxylic acids is 1. The molecule has 0 spiro atoms. The number of aliphatic imine (C=N–C) groups is 1. The first kappa shape index (κ1) is 15.4. The maximum atomic E-state index is 12.5. The molecule has 2 fully saturated rings. The molecule has 22 heavy (non-hydrogen) atoms. The van der Waals surface area contributed by atoms with Crippen LogP contribution in [0.3, 0.4) is 0 Å². The molecule has 0 saturated carbocycles. The summed E-state index contributed by atoms with van der Waals surface area (Å²) in [4.78, 5) is 18.8. The monoisotopic (exact) mass is 305 g/mol. The summed E-state index contributed by atoms with van der Waals surface area (Å²) in [7, 11) is 0. The van der Waals surface area contributed by atoms with Crippen molar-refractivity contribution in [2.75, 3.05) is 0 Å². The number of fused-ring (bicyclic) bond motifs is 2. The largest absolute Gasteiger partial charge is 0.444 e. The topological polar surface area (TPSA) is 67.9 Å². The highest BCUT2D eigenvalue weighted by atomic mass is 16.6.